The van der Waals surface area contributed by atoms with Crippen LogP contribution >= 0.6 is 12.2 Å². The van der Waals surface area contributed by atoms with Gasteiger partial charge in [0.15, 0.2) is 4.77 Å². The number of H-pyrrole nitrogens is 1. The minimum absolute atomic E-state index is 0.103. The summed E-state index contributed by atoms with van der Waals surface area (Å²) in [7, 11) is 0. The van der Waals surface area contributed by atoms with Gasteiger partial charge in [0.25, 0.3) is 5.91 Å². The van der Waals surface area contributed by atoms with Crippen LogP contribution in [0.1, 0.15) is 20.7 Å². The minimum atomic E-state index is -1.05. The second-order valence-corrected chi connectivity index (χ2v) is 4.86. The monoisotopic (exact) mass is 298 g/mol. The quantitative estimate of drug-likeness (QED) is 0.713. The Labute approximate surface area is 124 Å². The Morgan fingerprint density at radius 1 is 1.05 bits per heavy atom. The zero-order chi connectivity index (χ0) is 15.0. The van der Waals surface area contributed by atoms with Crippen LogP contribution in [0.15, 0.2) is 48.5 Å². The van der Waals surface area contributed by atoms with Crippen molar-refractivity contribution in [3.05, 3.63) is 64.4 Å². The molecule has 3 rings (SSSR count). The fourth-order valence-electron chi connectivity index (χ4n) is 2.15. The molecule has 0 saturated carbocycles. The molecule has 0 amide bonds. The smallest absolute Gasteiger partial charge is 0.335 e. The number of carbonyl (C=O) groups is 2. The second-order valence-electron chi connectivity index (χ2n) is 4.47. The van der Waals surface area contributed by atoms with Gasteiger partial charge in [0.1, 0.15) is 0 Å². The maximum absolute atomic E-state index is 12.6. The van der Waals surface area contributed by atoms with E-state index in [0.29, 0.717) is 16.6 Å². The molecule has 0 radical (unpaired) electrons. The van der Waals surface area contributed by atoms with Gasteiger partial charge in [-0.1, -0.05) is 18.2 Å². The first-order valence-electron chi connectivity index (χ1n) is 6.16. The molecule has 3 aromatic rings. The average molecular weight is 298 g/mol. The van der Waals surface area contributed by atoms with Crippen LogP contribution in [0.4, 0.5) is 0 Å². The molecule has 21 heavy (non-hydrogen) atoms. The van der Waals surface area contributed by atoms with E-state index in [1.807, 2.05) is 6.07 Å². The van der Waals surface area contributed by atoms with E-state index in [1.165, 1.54) is 16.7 Å². The number of aromatic nitrogens is 2. The number of nitrogens with one attached hydrogen (secondary N) is 1. The number of carbonyl (C=O) groups excluding carboxylic acids is 1. The molecule has 0 unspecified atom stereocenters. The summed E-state index contributed by atoms with van der Waals surface area (Å²) in [6.07, 6.45) is 0. The van der Waals surface area contributed by atoms with Crippen LogP contribution < -0.4 is 0 Å². The molecule has 2 N–H and O–H groups in total. The number of imidazole rings is 1. The van der Waals surface area contributed by atoms with Gasteiger partial charge in [-0.05, 0) is 42.5 Å². The minimum Gasteiger partial charge on any atom is -0.478 e. The highest BCUT2D eigenvalue weighted by molar-refractivity contribution is 7.71. The van der Waals surface area contributed by atoms with Crippen molar-refractivity contribution < 1.29 is 14.7 Å². The number of carboxylic acid groups (broad SMARTS) is 1. The largest absolute Gasteiger partial charge is 0.478 e. The van der Waals surface area contributed by atoms with Gasteiger partial charge < -0.3 is 10.1 Å². The highest BCUT2D eigenvalue weighted by Crippen LogP contribution is 2.18. The highest BCUT2D eigenvalue weighted by atomic mass is 32.1. The summed E-state index contributed by atoms with van der Waals surface area (Å²) < 4.78 is 1.55. The van der Waals surface area contributed by atoms with E-state index in [9.17, 15) is 9.59 Å². The van der Waals surface area contributed by atoms with Crippen molar-refractivity contribution in [2.75, 3.05) is 0 Å². The van der Waals surface area contributed by atoms with Crippen LogP contribution in [-0.4, -0.2) is 26.5 Å². The Morgan fingerprint density at radius 3 is 2.43 bits per heavy atom. The lowest BCUT2D eigenvalue weighted by Gasteiger charge is -2.03. The van der Waals surface area contributed by atoms with Gasteiger partial charge >= 0.3 is 5.97 Å². The zero-order valence-corrected chi connectivity index (χ0v) is 11.6. The second kappa shape index (κ2) is 4.99. The molecule has 1 heterocycles. The standard InChI is InChI=1S/C15H10N2O3S/c18-13(9-4-2-1-3-5-9)17-12-8-10(14(19)20)6-7-11(12)16-15(17)21/h1-8H,(H,16,21)(H,19,20). The Bertz CT molecular complexity index is 910. The number of carboxylic acids is 1. The molecular formula is C15H10N2O3S. The van der Waals surface area contributed by atoms with E-state index in [0.717, 1.165) is 0 Å². The van der Waals surface area contributed by atoms with Crippen molar-refractivity contribution in [3.8, 4) is 0 Å². The number of nitrogens with zero attached hydrogens (tertiary/aromatic N) is 1. The molecule has 0 bridgehead atoms. The van der Waals surface area contributed by atoms with Gasteiger partial charge in [-0.2, -0.15) is 0 Å². The summed E-state index contributed by atoms with van der Waals surface area (Å²) in [4.78, 5) is 26.5. The Balaban J connectivity index is 2.24. The lowest BCUT2D eigenvalue weighted by Crippen LogP contribution is -2.12. The van der Waals surface area contributed by atoms with E-state index in [4.69, 9.17) is 17.3 Å². The molecule has 0 atom stereocenters. The third kappa shape index (κ3) is 2.25. The van der Waals surface area contributed by atoms with E-state index in [2.05, 4.69) is 4.98 Å². The first kappa shape index (κ1) is 13.3. The van der Waals surface area contributed by atoms with Crippen molar-refractivity contribution in [2.24, 2.45) is 0 Å². The van der Waals surface area contributed by atoms with Crippen LogP contribution in [0.3, 0.4) is 0 Å². The molecule has 0 fully saturated rings. The first-order chi connectivity index (χ1) is 10.1. The van der Waals surface area contributed by atoms with Crippen LogP contribution in [0.25, 0.3) is 11.0 Å². The summed E-state index contributed by atoms with van der Waals surface area (Å²) in [6, 6.07) is 13.2. The van der Waals surface area contributed by atoms with Crippen molar-refractivity contribution >= 4 is 35.1 Å². The van der Waals surface area contributed by atoms with Crippen LogP contribution in [0.2, 0.25) is 0 Å². The maximum atomic E-state index is 12.6. The summed E-state index contributed by atoms with van der Waals surface area (Å²) in [5.74, 6) is -1.35. The van der Waals surface area contributed by atoms with E-state index < -0.39 is 5.97 Å². The molecular weight excluding hydrogens is 288 g/mol. The summed E-state index contributed by atoms with van der Waals surface area (Å²) >= 11 is 5.18. The van der Waals surface area contributed by atoms with Gasteiger partial charge in [-0.3, -0.25) is 9.36 Å². The highest BCUT2D eigenvalue weighted by Gasteiger charge is 2.15. The molecule has 0 saturated heterocycles. The third-order valence-corrected chi connectivity index (χ3v) is 3.44. The van der Waals surface area contributed by atoms with E-state index in [-0.39, 0.29) is 16.2 Å². The van der Waals surface area contributed by atoms with Crippen molar-refractivity contribution in [1.82, 2.24) is 9.55 Å². The Kier molecular flexibility index (Phi) is 3.15. The van der Waals surface area contributed by atoms with Crippen molar-refractivity contribution in [1.29, 1.82) is 0 Å². The molecule has 0 aliphatic carbocycles. The van der Waals surface area contributed by atoms with E-state index in [1.54, 1.807) is 30.3 Å². The van der Waals surface area contributed by atoms with Gasteiger partial charge in [0.2, 0.25) is 0 Å². The third-order valence-electron chi connectivity index (χ3n) is 3.15. The number of fused-ring (bicyclic) bond motifs is 1. The summed E-state index contributed by atoms with van der Waals surface area (Å²) in [5, 5.41) is 9.07. The lowest BCUT2D eigenvalue weighted by atomic mass is 10.2. The van der Waals surface area contributed by atoms with Gasteiger partial charge in [0, 0.05) is 5.56 Å². The molecule has 0 aliphatic heterocycles. The summed E-state index contributed by atoms with van der Waals surface area (Å²) in [6.45, 7) is 0. The molecule has 0 aliphatic rings. The number of aromatic carboxylic acids is 1. The van der Waals surface area contributed by atoms with Crippen molar-refractivity contribution in [2.45, 2.75) is 0 Å². The van der Waals surface area contributed by atoms with Gasteiger partial charge in [-0.25, -0.2) is 4.79 Å². The molecule has 0 spiro atoms. The normalized spacial score (nSPS) is 10.7. The number of aromatic amines is 1. The van der Waals surface area contributed by atoms with Crippen LogP contribution in [-0.2, 0) is 0 Å². The SMILES string of the molecule is O=C(O)c1ccc2[nH]c(=S)n(C(=O)c3ccccc3)c2c1. The van der Waals surface area contributed by atoms with E-state index >= 15 is 0 Å². The maximum Gasteiger partial charge on any atom is 0.335 e. The van der Waals surface area contributed by atoms with Gasteiger partial charge in [-0.15, -0.1) is 0 Å². The molecule has 2 aromatic carbocycles. The predicted molar refractivity (Wildman–Crippen MR) is 80.3 cm³/mol. The average Bonchev–Trinajstić information content (AvgIpc) is 2.82. The number of rotatable bonds is 2. The van der Waals surface area contributed by atoms with Gasteiger partial charge in [0.05, 0.1) is 16.6 Å². The molecule has 5 nitrogen and oxygen atoms in total. The number of hydrogen-bond acceptors (Lipinski definition) is 3. The van der Waals surface area contributed by atoms with Crippen LogP contribution in [0.5, 0.6) is 0 Å². The summed E-state index contributed by atoms with van der Waals surface area (Å²) in [5.41, 5.74) is 1.66. The topological polar surface area (TPSA) is 75.1 Å². The predicted octanol–water partition coefficient (Wildman–Crippen LogP) is 3.09. The fraction of sp³-hybridized carbons (Fsp3) is 0. The molecule has 104 valence electrons. The first-order valence-corrected chi connectivity index (χ1v) is 6.56. The lowest BCUT2D eigenvalue weighted by molar-refractivity contribution is 0.0696. The number of benzene rings is 2. The Morgan fingerprint density at radius 2 is 1.76 bits per heavy atom. The Hall–Kier alpha value is -2.73. The van der Waals surface area contributed by atoms with Crippen LogP contribution in [0, 0.1) is 4.77 Å². The molecule has 1 aromatic heterocycles. The zero-order valence-electron chi connectivity index (χ0n) is 10.7. The fourth-order valence-corrected chi connectivity index (χ4v) is 2.44. The van der Waals surface area contributed by atoms with Crippen molar-refractivity contribution in [3.63, 3.8) is 0 Å². The molecule has 6 heteroatoms. The number of hydrogen-bond donors (Lipinski definition) is 2.